The van der Waals surface area contributed by atoms with Crippen molar-refractivity contribution in [3.8, 4) is 22.3 Å². The molecule has 0 N–H and O–H groups in total. The van der Waals surface area contributed by atoms with Gasteiger partial charge in [0.2, 0.25) is 0 Å². The molecule has 1 aliphatic heterocycles. The number of para-hydroxylation sites is 1. The van der Waals surface area contributed by atoms with Gasteiger partial charge in [0.1, 0.15) is 0 Å². The number of nitrogens with zero attached hydrogens (tertiary/aromatic N) is 1. The summed E-state index contributed by atoms with van der Waals surface area (Å²) < 4.78 is 1.12. The van der Waals surface area contributed by atoms with E-state index in [0.717, 1.165) is 10.9 Å². The lowest BCUT2D eigenvalue weighted by Gasteiger charge is -2.24. The molecule has 4 aromatic rings. The third kappa shape index (κ3) is 3.65. The van der Waals surface area contributed by atoms with Gasteiger partial charge in [-0.25, -0.2) is 0 Å². The molecule has 6 rings (SSSR count). The fraction of sp³-hybridized carbons (Fsp3) is 0.0968. The average molecular weight is 490 g/mol. The molecule has 1 unspecified atom stereocenters. The minimum atomic E-state index is 0.432. The third-order valence-electron chi connectivity index (χ3n) is 6.64. The molecule has 0 saturated carbocycles. The van der Waals surface area contributed by atoms with Gasteiger partial charge in [0.25, 0.3) is 0 Å². The van der Waals surface area contributed by atoms with Crippen molar-refractivity contribution in [2.45, 2.75) is 19.3 Å². The number of allylic oxidation sites excluding steroid dienone is 4. The predicted octanol–water partition coefficient (Wildman–Crippen LogP) is 9.17. The van der Waals surface area contributed by atoms with E-state index >= 15 is 0 Å². The number of fused-ring (bicyclic) bond motifs is 3. The Morgan fingerprint density at radius 2 is 1.48 bits per heavy atom. The lowest BCUT2D eigenvalue weighted by Crippen LogP contribution is -2.14. The molecular weight excluding hydrogens is 466 g/mol. The highest BCUT2D eigenvalue weighted by Crippen LogP contribution is 2.51. The minimum absolute atomic E-state index is 0.432. The van der Waals surface area contributed by atoms with E-state index in [0.29, 0.717) is 5.92 Å². The Morgan fingerprint density at radius 1 is 0.758 bits per heavy atom. The van der Waals surface area contributed by atoms with E-state index < -0.39 is 0 Å². The quantitative estimate of drug-likeness (QED) is 0.277. The topological polar surface area (TPSA) is 3.24 Å². The molecule has 0 saturated heterocycles. The lowest BCUT2D eigenvalue weighted by atomic mass is 9.91. The number of halogens is 1. The molecule has 2 heteroatoms. The second kappa shape index (κ2) is 8.20. The van der Waals surface area contributed by atoms with E-state index in [1.54, 1.807) is 0 Å². The SMILES string of the molecule is Cc1cc(Br)cc(-c2ccc(-c3ccc4c(c3)N(c3ccccc3)C3=CC=CCC34)cc2)c1. The maximum atomic E-state index is 3.63. The first kappa shape index (κ1) is 20.3. The summed E-state index contributed by atoms with van der Waals surface area (Å²) in [5.41, 5.74) is 11.5. The fourth-order valence-corrected chi connectivity index (χ4v) is 5.72. The van der Waals surface area contributed by atoms with Crippen molar-refractivity contribution >= 4 is 27.3 Å². The first-order chi connectivity index (χ1) is 16.2. The van der Waals surface area contributed by atoms with Crippen molar-refractivity contribution in [1.82, 2.24) is 0 Å². The van der Waals surface area contributed by atoms with Crippen LogP contribution in [0.4, 0.5) is 11.4 Å². The van der Waals surface area contributed by atoms with Crippen molar-refractivity contribution in [2.75, 3.05) is 4.90 Å². The summed E-state index contributed by atoms with van der Waals surface area (Å²) in [6.45, 7) is 2.13. The second-order valence-electron chi connectivity index (χ2n) is 8.85. The van der Waals surface area contributed by atoms with Crippen LogP contribution in [-0.4, -0.2) is 0 Å². The number of rotatable bonds is 3. The summed E-state index contributed by atoms with van der Waals surface area (Å²) in [5.74, 6) is 0.432. The molecule has 0 aromatic heterocycles. The molecule has 0 amide bonds. The van der Waals surface area contributed by atoms with Crippen molar-refractivity contribution < 1.29 is 0 Å². The molecular formula is C31H24BrN. The van der Waals surface area contributed by atoms with Crippen molar-refractivity contribution in [3.63, 3.8) is 0 Å². The van der Waals surface area contributed by atoms with Crippen LogP contribution < -0.4 is 4.90 Å². The van der Waals surface area contributed by atoms with Gasteiger partial charge in [0.15, 0.2) is 0 Å². The molecule has 0 fully saturated rings. The zero-order valence-corrected chi connectivity index (χ0v) is 20.1. The first-order valence-electron chi connectivity index (χ1n) is 11.4. The van der Waals surface area contributed by atoms with Crippen LogP contribution in [0.5, 0.6) is 0 Å². The Morgan fingerprint density at radius 3 is 2.24 bits per heavy atom. The molecule has 0 radical (unpaired) electrons. The molecule has 0 bridgehead atoms. The number of benzene rings is 4. The largest absolute Gasteiger partial charge is 0.313 e. The van der Waals surface area contributed by atoms with E-state index in [4.69, 9.17) is 0 Å². The van der Waals surface area contributed by atoms with Crippen molar-refractivity contribution in [1.29, 1.82) is 0 Å². The monoisotopic (exact) mass is 489 g/mol. The molecule has 1 aliphatic carbocycles. The highest BCUT2D eigenvalue weighted by Gasteiger charge is 2.34. The van der Waals surface area contributed by atoms with Crippen LogP contribution in [0.1, 0.15) is 23.5 Å². The van der Waals surface area contributed by atoms with Gasteiger partial charge < -0.3 is 4.90 Å². The van der Waals surface area contributed by atoms with Crippen molar-refractivity contribution in [2.24, 2.45) is 0 Å². The Balaban J connectivity index is 1.40. The molecule has 2 aliphatic rings. The summed E-state index contributed by atoms with van der Waals surface area (Å²) in [5, 5.41) is 0. The zero-order chi connectivity index (χ0) is 22.4. The van der Waals surface area contributed by atoms with Crippen LogP contribution in [0.3, 0.4) is 0 Å². The van der Waals surface area contributed by atoms with Crippen LogP contribution in [0.25, 0.3) is 22.3 Å². The molecule has 1 atom stereocenters. The van der Waals surface area contributed by atoms with Gasteiger partial charge >= 0.3 is 0 Å². The Kier molecular flexibility index (Phi) is 5.04. The van der Waals surface area contributed by atoms with Gasteiger partial charge in [-0.2, -0.15) is 0 Å². The normalized spacial score (nSPS) is 16.4. The first-order valence-corrected chi connectivity index (χ1v) is 12.2. The van der Waals surface area contributed by atoms with Crippen LogP contribution in [0, 0.1) is 6.92 Å². The summed E-state index contributed by atoms with van der Waals surface area (Å²) in [6.07, 6.45) is 7.80. The van der Waals surface area contributed by atoms with E-state index in [-0.39, 0.29) is 0 Å². The predicted molar refractivity (Wildman–Crippen MR) is 143 cm³/mol. The zero-order valence-electron chi connectivity index (χ0n) is 18.5. The smallest absolute Gasteiger partial charge is 0.0503 e. The molecule has 33 heavy (non-hydrogen) atoms. The highest BCUT2D eigenvalue weighted by molar-refractivity contribution is 9.10. The Labute approximate surface area is 203 Å². The van der Waals surface area contributed by atoms with Crippen LogP contribution in [0.2, 0.25) is 0 Å². The van der Waals surface area contributed by atoms with Crippen molar-refractivity contribution in [3.05, 3.63) is 131 Å². The second-order valence-corrected chi connectivity index (χ2v) is 9.76. The molecule has 4 aromatic carbocycles. The Hall–Kier alpha value is -3.36. The van der Waals surface area contributed by atoms with Crippen LogP contribution >= 0.6 is 15.9 Å². The van der Waals surface area contributed by atoms with Crippen LogP contribution in [-0.2, 0) is 0 Å². The minimum Gasteiger partial charge on any atom is -0.313 e. The van der Waals surface area contributed by atoms with Gasteiger partial charge in [-0.3, -0.25) is 0 Å². The van der Waals surface area contributed by atoms with Gasteiger partial charge in [-0.15, -0.1) is 0 Å². The number of anilines is 2. The highest BCUT2D eigenvalue weighted by atomic mass is 79.9. The van der Waals surface area contributed by atoms with Crippen LogP contribution in [0.15, 0.2) is 119 Å². The van der Waals surface area contributed by atoms with Gasteiger partial charge in [-0.05, 0) is 83.1 Å². The third-order valence-corrected chi connectivity index (χ3v) is 7.10. The number of hydrogen-bond donors (Lipinski definition) is 0. The Bertz CT molecular complexity index is 1380. The lowest BCUT2D eigenvalue weighted by molar-refractivity contribution is 0.819. The van der Waals surface area contributed by atoms with Gasteiger partial charge in [0.05, 0.1) is 5.69 Å². The molecule has 160 valence electrons. The standard InChI is InChI=1S/C31H24BrN/c1-21-17-25(19-26(32)18-21)23-13-11-22(12-14-23)24-15-16-29-28-9-5-6-10-30(28)33(31(29)20-24)27-7-3-2-4-8-27/h2-8,10-20,28H,9H2,1H3. The maximum Gasteiger partial charge on any atom is 0.0503 e. The number of aryl methyl sites for hydroxylation is 1. The molecule has 1 nitrogen and oxygen atoms in total. The molecule has 0 spiro atoms. The van der Waals surface area contributed by atoms with E-state index in [9.17, 15) is 0 Å². The fourth-order valence-electron chi connectivity index (χ4n) is 5.11. The summed E-state index contributed by atoms with van der Waals surface area (Å²) in [7, 11) is 0. The van der Waals surface area contributed by atoms with E-state index in [2.05, 4.69) is 137 Å². The van der Waals surface area contributed by atoms with Gasteiger partial charge in [0, 0.05) is 21.8 Å². The van der Waals surface area contributed by atoms with E-state index in [1.165, 1.54) is 50.5 Å². The van der Waals surface area contributed by atoms with Gasteiger partial charge in [-0.1, -0.05) is 88.7 Å². The number of hydrogen-bond acceptors (Lipinski definition) is 1. The van der Waals surface area contributed by atoms with E-state index in [1.807, 2.05) is 0 Å². The summed E-state index contributed by atoms with van der Waals surface area (Å²) >= 11 is 3.63. The average Bonchev–Trinajstić information content (AvgIpc) is 3.18. The summed E-state index contributed by atoms with van der Waals surface area (Å²) in [4.78, 5) is 2.44. The maximum absolute atomic E-state index is 3.63. The summed E-state index contributed by atoms with van der Waals surface area (Å²) in [6, 6.07) is 33.2. The molecule has 1 heterocycles.